The summed E-state index contributed by atoms with van der Waals surface area (Å²) in [6, 6.07) is 7.81. The Morgan fingerprint density at radius 1 is 1.00 bits per heavy atom. The number of carbonyl (C=O) groups excluding carboxylic acids is 2. The minimum atomic E-state index is -1.13. The van der Waals surface area contributed by atoms with Gasteiger partial charge in [-0.15, -0.1) is 11.3 Å². The summed E-state index contributed by atoms with van der Waals surface area (Å²) in [6.45, 7) is 5.52. The second-order valence-electron chi connectivity index (χ2n) is 5.93. The maximum atomic E-state index is 12.4. The number of benzene rings is 1. The van der Waals surface area contributed by atoms with Crippen molar-refractivity contribution in [3.05, 3.63) is 52.4 Å². The molecule has 0 spiro atoms. The first-order valence-corrected chi connectivity index (χ1v) is 8.70. The second kappa shape index (κ2) is 7.94. The van der Waals surface area contributed by atoms with Crippen molar-refractivity contribution in [3.63, 3.8) is 0 Å². The summed E-state index contributed by atoms with van der Waals surface area (Å²) in [5, 5.41) is 16.0. The van der Waals surface area contributed by atoms with Crippen molar-refractivity contribution >= 4 is 34.1 Å². The number of anilines is 1. The third kappa shape index (κ3) is 4.67. The lowest BCUT2D eigenvalue weighted by atomic mass is 10.0. The van der Waals surface area contributed by atoms with E-state index in [2.05, 4.69) is 24.5 Å². The van der Waals surface area contributed by atoms with Crippen molar-refractivity contribution in [2.45, 2.75) is 32.7 Å². The predicted octanol–water partition coefficient (Wildman–Crippen LogP) is 3.33. The standard InChI is InChI=1S/C18H20N2O4S/c1-10(2)12-4-6-13(7-5-12)15(21)20-17-14(8-9-25-17)16(22)19-11(3)18(23)24/h4-11H,1-3H3,(H,19,22)(H,20,21)(H,23,24). The molecule has 0 radical (unpaired) electrons. The molecule has 2 aromatic rings. The molecule has 1 unspecified atom stereocenters. The minimum Gasteiger partial charge on any atom is -0.480 e. The molecule has 0 bridgehead atoms. The fourth-order valence-electron chi connectivity index (χ4n) is 2.12. The molecule has 1 aromatic heterocycles. The average molecular weight is 360 g/mol. The van der Waals surface area contributed by atoms with Gasteiger partial charge < -0.3 is 15.7 Å². The van der Waals surface area contributed by atoms with Crippen LogP contribution in [0.25, 0.3) is 0 Å². The summed E-state index contributed by atoms with van der Waals surface area (Å²) in [5.41, 5.74) is 1.86. The summed E-state index contributed by atoms with van der Waals surface area (Å²) < 4.78 is 0. The van der Waals surface area contributed by atoms with Crippen LogP contribution < -0.4 is 10.6 Å². The average Bonchev–Trinajstić information content (AvgIpc) is 3.02. The molecule has 0 aliphatic rings. The molecule has 1 heterocycles. The van der Waals surface area contributed by atoms with Crippen molar-refractivity contribution < 1.29 is 19.5 Å². The molecule has 25 heavy (non-hydrogen) atoms. The first-order chi connectivity index (χ1) is 11.8. The fourth-order valence-corrected chi connectivity index (χ4v) is 2.90. The Bertz CT molecular complexity index is 781. The highest BCUT2D eigenvalue weighted by molar-refractivity contribution is 7.14. The van der Waals surface area contributed by atoms with Crippen molar-refractivity contribution in [2.75, 3.05) is 5.32 Å². The molecule has 2 amide bonds. The van der Waals surface area contributed by atoms with Gasteiger partial charge in [-0.3, -0.25) is 14.4 Å². The molecular weight excluding hydrogens is 340 g/mol. The zero-order valence-electron chi connectivity index (χ0n) is 14.2. The third-order valence-electron chi connectivity index (χ3n) is 3.69. The molecule has 1 aromatic carbocycles. The van der Waals surface area contributed by atoms with Crippen LogP contribution in [0.4, 0.5) is 5.00 Å². The number of nitrogens with one attached hydrogen (secondary N) is 2. The van der Waals surface area contributed by atoms with Gasteiger partial charge in [0.15, 0.2) is 0 Å². The zero-order chi connectivity index (χ0) is 18.6. The van der Waals surface area contributed by atoms with E-state index in [9.17, 15) is 14.4 Å². The van der Waals surface area contributed by atoms with Crippen LogP contribution in [0.3, 0.4) is 0 Å². The van der Waals surface area contributed by atoms with Crippen LogP contribution in [-0.4, -0.2) is 28.9 Å². The van der Waals surface area contributed by atoms with Gasteiger partial charge in [0.25, 0.3) is 11.8 Å². The van der Waals surface area contributed by atoms with E-state index in [-0.39, 0.29) is 11.5 Å². The largest absolute Gasteiger partial charge is 0.480 e. The molecule has 0 fully saturated rings. The van der Waals surface area contributed by atoms with Crippen LogP contribution in [0.15, 0.2) is 35.7 Å². The Labute approximate surface area is 149 Å². The first kappa shape index (κ1) is 18.7. The summed E-state index contributed by atoms with van der Waals surface area (Å²) in [6.07, 6.45) is 0. The van der Waals surface area contributed by atoms with E-state index in [1.807, 2.05) is 12.1 Å². The van der Waals surface area contributed by atoms with Gasteiger partial charge in [-0.2, -0.15) is 0 Å². The van der Waals surface area contributed by atoms with E-state index < -0.39 is 17.9 Å². The number of carboxylic acids is 1. The monoisotopic (exact) mass is 360 g/mol. The zero-order valence-corrected chi connectivity index (χ0v) is 15.0. The smallest absolute Gasteiger partial charge is 0.325 e. The maximum absolute atomic E-state index is 12.4. The van der Waals surface area contributed by atoms with Crippen LogP contribution in [0.1, 0.15) is 53.0 Å². The first-order valence-electron chi connectivity index (χ1n) is 7.82. The number of amides is 2. The summed E-state index contributed by atoms with van der Waals surface area (Å²) >= 11 is 1.20. The summed E-state index contributed by atoms with van der Waals surface area (Å²) in [4.78, 5) is 35.4. The highest BCUT2D eigenvalue weighted by Crippen LogP contribution is 2.24. The lowest BCUT2D eigenvalue weighted by molar-refractivity contribution is -0.138. The Kier molecular flexibility index (Phi) is 5.93. The Hall–Kier alpha value is -2.67. The Morgan fingerprint density at radius 3 is 2.20 bits per heavy atom. The topological polar surface area (TPSA) is 95.5 Å². The quantitative estimate of drug-likeness (QED) is 0.736. The molecular formula is C18H20N2O4S. The molecule has 0 saturated carbocycles. The molecule has 1 atom stereocenters. The van der Waals surface area contributed by atoms with Crippen molar-refractivity contribution in [3.8, 4) is 0 Å². The molecule has 0 aliphatic heterocycles. The lowest BCUT2D eigenvalue weighted by Gasteiger charge is -2.11. The van der Waals surface area contributed by atoms with Crippen LogP contribution in [0.2, 0.25) is 0 Å². The molecule has 0 aliphatic carbocycles. The lowest BCUT2D eigenvalue weighted by Crippen LogP contribution is -2.38. The van der Waals surface area contributed by atoms with Crippen LogP contribution >= 0.6 is 11.3 Å². The van der Waals surface area contributed by atoms with Crippen LogP contribution in [0, 0.1) is 0 Å². The highest BCUT2D eigenvalue weighted by Gasteiger charge is 2.20. The fraction of sp³-hybridized carbons (Fsp3) is 0.278. The SMILES string of the molecule is CC(NC(=O)c1ccsc1NC(=O)c1ccc(C(C)C)cc1)C(=O)O. The molecule has 0 saturated heterocycles. The number of carbonyl (C=O) groups is 3. The molecule has 132 valence electrons. The number of rotatable bonds is 6. The van der Waals surface area contributed by atoms with Gasteiger partial charge in [0.05, 0.1) is 5.56 Å². The van der Waals surface area contributed by atoms with Gasteiger partial charge in [0, 0.05) is 5.56 Å². The predicted molar refractivity (Wildman–Crippen MR) is 97.4 cm³/mol. The van der Waals surface area contributed by atoms with Crippen molar-refractivity contribution in [1.82, 2.24) is 5.32 Å². The molecule has 6 nitrogen and oxygen atoms in total. The Morgan fingerprint density at radius 2 is 1.64 bits per heavy atom. The molecule has 2 rings (SSSR count). The van der Waals surface area contributed by atoms with E-state index in [1.165, 1.54) is 18.3 Å². The van der Waals surface area contributed by atoms with Gasteiger partial charge in [-0.1, -0.05) is 26.0 Å². The van der Waals surface area contributed by atoms with Crippen molar-refractivity contribution in [1.29, 1.82) is 0 Å². The highest BCUT2D eigenvalue weighted by atomic mass is 32.1. The van der Waals surface area contributed by atoms with Gasteiger partial charge >= 0.3 is 5.97 Å². The maximum Gasteiger partial charge on any atom is 0.325 e. The third-order valence-corrected chi connectivity index (χ3v) is 4.52. The van der Waals surface area contributed by atoms with E-state index in [0.717, 1.165) is 5.56 Å². The minimum absolute atomic E-state index is 0.241. The van der Waals surface area contributed by atoms with Gasteiger partial charge in [-0.25, -0.2) is 0 Å². The number of hydrogen-bond donors (Lipinski definition) is 3. The normalized spacial score (nSPS) is 11.8. The Balaban J connectivity index is 2.10. The number of thiophene rings is 1. The van der Waals surface area contributed by atoms with E-state index in [0.29, 0.717) is 16.5 Å². The number of hydrogen-bond acceptors (Lipinski definition) is 4. The van der Waals surface area contributed by atoms with Gasteiger partial charge in [0.1, 0.15) is 11.0 Å². The number of aliphatic carboxylic acids is 1. The summed E-state index contributed by atoms with van der Waals surface area (Å²) in [7, 11) is 0. The van der Waals surface area contributed by atoms with E-state index in [4.69, 9.17) is 5.11 Å². The van der Waals surface area contributed by atoms with Crippen LogP contribution in [0.5, 0.6) is 0 Å². The van der Waals surface area contributed by atoms with Crippen molar-refractivity contribution in [2.24, 2.45) is 0 Å². The van der Waals surface area contributed by atoms with E-state index >= 15 is 0 Å². The van der Waals surface area contributed by atoms with Gasteiger partial charge in [0.2, 0.25) is 0 Å². The second-order valence-corrected chi connectivity index (χ2v) is 6.84. The number of carboxylic acid groups (broad SMARTS) is 1. The molecule has 3 N–H and O–H groups in total. The summed E-state index contributed by atoms with van der Waals surface area (Å²) in [5.74, 6) is -1.61. The van der Waals surface area contributed by atoms with Gasteiger partial charge in [-0.05, 0) is 42.0 Å². The van der Waals surface area contributed by atoms with Crippen LogP contribution in [-0.2, 0) is 4.79 Å². The van der Waals surface area contributed by atoms with E-state index in [1.54, 1.807) is 23.6 Å². The molecule has 7 heteroatoms.